The second kappa shape index (κ2) is 5.24. The van der Waals surface area contributed by atoms with Crippen LogP contribution in [0.4, 0.5) is 13.2 Å². The molecule has 1 aliphatic heterocycles. The van der Waals surface area contributed by atoms with Crippen LogP contribution in [-0.4, -0.2) is 11.9 Å². The van der Waals surface area contributed by atoms with Crippen molar-refractivity contribution >= 4 is 12.6 Å². The lowest BCUT2D eigenvalue weighted by molar-refractivity contribution is -0.690. The third kappa shape index (κ3) is 3.57. The Morgan fingerprint density at radius 1 is 1.36 bits per heavy atom. The molecule has 2 rings (SSSR count). The molecule has 1 atom stereocenters. The highest BCUT2D eigenvalue weighted by atomic mass is 32.1. The number of hydrogen-bond acceptors (Lipinski definition) is 1. The third-order valence-electron chi connectivity index (χ3n) is 1.89. The fourth-order valence-electron chi connectivity index (χ4n) is 1.41. The van der Waals surface area contributed by atoms with Crippen LogP contribution in [0, 0.1) is 0 Å². The maximum Gasteiger partial charge on any atom is 0.379 e. The topological polar surface area (TPSA) is 3.88 Å². The van der Waals surface area contributed by atoms with E-state index in [0.717, 1.165) is 13.0 Å². The van der Waals surface area contributed by atoms with Gasteiger partial charge in [0.15, 0.2) is 18.4 Å². The Hall–Kier alpha value is -0.710. The summed E-state index contributed by atoms with van der Waals surface area (Å²) in [5.74, 6) is 0. The second-order valence-electron chi connectivity index (χ2n) is 2.95. The first kappa shape index (κ1) is 11.4. The Kier molecular flexibility index (Phi) is 4.25. The number of pyridine rings is 1. The van der Waals surface area contributed by atoms with Crippen molar-refractivity contribution in [3.05, 3.63) is 30.1 Å². The minimum absolute atomic E-state index is 0.530. The van der Waals surface area contributed by atoms with Crippen molar-refractivity contribution in [3.8, 4) is 0 Å². The van der Waals surface area contributed by atoms with Gasteiger partial charge in [-0.3, -0.25) is 0 Å². The maximum absolute atomic E-state index is 9.67. The van der Waals surface area contributed by atoms with Crippen molar-refractivity contribution < 1.29 is 17.7 Å². The summed E-state index contributed by atoms with van der Waals surface area (Å²) >= 11 is 4.42. The molecule has 1 unspecified atom stereocenters. The zero-order chi connectivity index (χ0) is 10.6. The molecule has 0 amide bonds. The summed E-state index contributed by atoms with van der Waals surface area (Å²) in [5.41, 5.74) is 1.41. The summed E-state index contributed by atoms with van der Waals surface area (Å²) < 4.78 is 31.3. The van der Waals surface area contributed by atoms with Crippen LogP contribution >= 0.6 is 12.6 Å². The van der Waals surface area contributed by atoms with Crippen molar-refractivity contribution in [1.29, 1.82) is 0 Å². The van der Waals surface area contributed by atoms with Crippen LogP contribution in [0.2, 0.25) is 0 Å². The molecule has 78 valence electrons. The Bertz CT molecular complexity index is 265. The number of alkyl halides is 3. The molecule has 0 aromatic carbocycles. The molecule has 1 aromatic heterocycles. The van der Waals surface area contributed by atoms with Crippen molar-refractivity contribution in [2.75, 3.05) is 0 Å². The SMILES string of the molecule is FC(F)F.SC1Cc2cccc[n+]2C1. The first-order valence-corrected chi connectivity index (χ1v) is 4.69. The normalized spacial score (nSPS) is 18.8. The first-order chi connectivity index (χ1) is 6.59. The monoisotopic (exact) mass is 222 g/mol. The lowest BCUT2D eigenvalue weighted by Gasteiger charge is -1.88. The Morgan fingerprint density at radius 2 is 2.00 bits per heavy atom. The lowest BCUT2D eigenvalue weighted by atomic mass is 10.3. The summed E-state index contributed by atoms with van der Waals surface area (Å²) in [6, 6.07) is 6.31. The summed E-state index contributed by atoms with van der Waals surface area (Å²) in [7, 11) is 0. The number of aromatic nitrogens is 1. The first-order valence-electron chi connectivity index (χ1n) is 4.17. The van der Waals surface area contributed by atoms with E-state index in [-0.39, 0.29) is 0 Å². The predicted octanol–water partition coefficient (Wildman–Crippen LogP) is 2.01. The summed E-state index contributed by atoms with van der Waals surface area (Å²) in [6.07, 6.45) is 3.23. The molecule has 0 saturated heterocycles. The van der Waals surface area contributed by atoms with Crippen molar-refractivity contribution in [2.45, 2.75) is 24.9 Å². The molecule has 0 saturated carbocycles. The van der Waals surface area contributed by atoms with E-state index in [1.54, 1.807) is 0 Å². The number of thiol groups is 1. The van der Waals surface area contributed by atoms with E-state index in [2.05, 4.69) is 41.6 Å². The molecule has 1 nitrogen and oxygen atoms in total. The number of hydrogen-bond donors (Lipinski definition) is 1. The van der Waals surface area contributed by atoms with Crippen LogP contribution in [0.1, 0.15) is 5.69 Å². The van der Waals surface area contributed by atoms with Gasteiger partial charge in [-0.2, -0.15) is 25.8 Å². The Balaban J connectivity index is 0.000000213. The smallest absolute Gasteiger partial charge is 0.201 e. The standard InChI is InChI=1S/C8H9NS.CHF3/c10-8-5-7-3-1-2-4-9(7)6-8;2-1(3)4/h1-4,8H,5-6H2;1H/p+1. The average molecular weight is 222 g/mol. The molecule has 1 aliphatic rings. The molecular formula is C9H11F3NS+. The van der Waals surface area contributed by atoms with Gasteiger partial charge in [-0.25, -0.2) is 4.57 Å². The lowest BCUT2D eigenvalue weighted by Crippen LogP contribution is -2.33. The highest BCUT2D eigenvalue weighted by molar-refractivity contribution is 7.80. The van der Waals surface area contributed by atoms with Crippen LogP contribution in [-0.2, 0) is 13.0 Å². The number of fused-ring (bicyclic) bond motifs is 1. The molecule has 14 heavy (non-hydrogen) atoms. The third-order valence-corrected chi connectivity index (χ3v) is 2.23. The molecule has 0 aliphatic carbocycles. The van der Waals surface area contributed by atoms with Gasteiger partial charge in [0, 0.05) is 12.1 Å². The van der Waals surface area contributed by atoms with Gasteiger partial charge in [-0.1, -0.05) is 6.07 Å². The van der Waals surface area contributed by atoms with Crippen molar-refractivity contribution in [2.24, 2.45) is 0 Å². The molecule has 0 spiro atoms. The van der Waals surface area contributed by atoms with Gasteiger partial charge in [-0.05, 0) is 0 Å². The van der Waals surface area contributed by atoms with Crippen LogP contribution in [0.25, 0.3) is 0 Å². The quantitative estimate of drug-likeness (QED) is 0.505. The zero-order valence-electron chi connectivity index (χ0n) is 7.41. The van der Waals surface area contributed by atoms with E-state index in [1.165, 1.54) is 5.69 Å². The average Bonchev–Trinajstić information content (AvgIpc) is 2.42. The molecule has 0 fully saturated rings. The minimum atomic E-state index is -3.67. The zero-order valence-corrected chi connectivity index (χ0v) is 8.30. The Labute approximate surface area is 86.0 Å². The van der Waals surface area contributed by atoms with E-state index in [1.807, 2.05) is 0 Å². The van der Waals surface area contributed by atoms with Gasteiger partial charge in [0.1, 0.15) is 0 Å². The summed E-state index contributed by atoms with van der Waals surface area (Å²) in [6.45, 7) is -2.60. The molecule has 2 heterocycles. The fraction of sp³-hybridized carbons (Fsp3) is 0.444. The van der Waals surface area contributed by atoms with Gasteiger partial charge in [0.2, 0.25) is 0 Å². The van der Waals surface area contributed by atoms with Gasteiger partial charge >= 0.3 is 6.68 Å². The van der Waals surface area contributed by atoms with E-state index in [4.69, 9.17) is 0 Å². The molecule has 0 N–H and O–H groups in total. The molecular weight excluding hydrogens is 211 g/mol. The number of halogens is 3. The predicted molar refractivity (Wildman–Crippen MR) is 50.2 cm³/mol. The van der Waals surface area contributed by atoms with Crippen molar-refractivity contribution in [3.63, 3.8) is 0 Å². The van der Waals surface area contributed by atoms with Gasteiger partial charge in [-0.15, -0.1) is 0 Å². The summed E-state index contributed by atoms with van der Waals surface area (Å²) in [4.78, 5) is 0. The van der Waals surface area contributed by atoms with E-state index in [0.29, 0.717) is 5.25 Å². The van der Waals surface area contributed by atoms with Gasteiger partial charge in [0.25, 0.3) is 0 Å². The van der Waals surface area contributed by atoms with E-state index < -0.39 is 6.68 Å². The highest BCUT2D eigenvalue weighted by Crippen LogP contribution is 2.10. The highest BCUT2D eigenvalue weighted by Gasteiger charge is 2.24. The number of nitrogens with zero attached hydrogens (tertiary/aromatic N) is 1. The van der Waals surface area contributed by atoms with E-state index in [9.17, 15) is 13.2 Å². The number of rotatable bonds is 0. The van der Waals surface area contributed by atoms with Crippen LogP contribution in [0.3, 0.4) is 0 Å². The molecule has 0 radical (unpaired) electrons. The van der Waals surface area contributed by atoms with Crippen molar-refractivity contribution in [1.82, 2.24) is 0 Å². The summed E-state index contributed by atoms with van der Waals surface area (Å²) in [5, 5.41) is 0.530. The fourth-order valence-corrected chi connectivity index (χ4v) is 1.77. The van der Waals surface area contributed by atoms with Crippen LogP contribution < -0.4 is 4.57 Å². The van der Waals surface area contributed by atoms with Crippen LogP contribution in [0.15, 0.2) is 24.4 Å². The van der Waals surface area contributed by atoms with Gasteiger partial charge < -0.3 is 0 Å². The maximum atomic E-state index is 9.67. The van der Waals surface area contributed by atoms with Crippen LogP contribution in [0.5, 0.6) is 0 Å². The minimum Gasteiger partial charge on any atom is -0.201 e. The Morgan fingerprint density at radius 3 is 2.57 bits per heavy atom. The molecule has 1 aromatic rings. The molecule has 5 heteroatoms. The van der Waals surface area contributed by atoms with Gasteiger partial charge in [0.05, 0.1) is 11.7 Å². The molecule has 0 bridgehead atoms. The van der Waals surface area contributed by atoms with E-state index >= 15 is 0 Å². The second-order valence-corrected chi connectivity index (χ2v) is 3.68. The largest absolute Gasteiger partial charge is 0.379 e.